The molecule has 3 aromatic rings. The summed E-state index contributed by atoms with van der Waals surface area (Å²) in [5, 5.41) is 15.3. The second-order valence-electron chi connectivity index (χ2n) is 20.3. The third-order valence-corrected chi connectivity index (χ3v) is 12.4. The number of likely N-dealkylation sites (tertiary alicyclic amines) is 2. The van der Waals surface area contributed by atoms with Crippen LogP contribution in [0, 0.1) is 0 Å². The van der Waals surface area contributed by atoms with Gasteiger partial charge in [-0.1, -0.05) is 77.8 Å². The van der Waals surface area contributed by atoms with Gasteiger partial charge in [-0.15, -0.1) is 12.4 Å². The first-order valence-electron chi connectivity index (χ1n) is 22.2. The maximum Gasteiger partial charge on any atom is 0.157 e. The Hall–Kier alpha value is -3.27. The molecule has 0 aromatic carbocycles. The van der Waals surface area contributed by atoms with E-state index in [1.54, 1.807) is 0 Å². The van der Waals surface area contributed by atoms with Crippen LogP contribution in [0.2, 0.25) is 0 Å². The molecule has 3 aromatic heterocycles. The molecule has 0 radical (unpaired) electrons. The van der Waals surface area contributed by atoms with E-state index >= 15 is 0 Å². The van der Waals surface area contributed by atoms with Crippen molar-refractivity contribution in [3.8, 4) is 0 Å². The highest BCUT2D eigenvalue weighted by molar-refractivity contribution is 5.87. The zero-order valence-corrected chi connectivity index (χ0v) is 38.9. The van der Waals surface area contributed by atoms with Gasteiger partial charge in [0.15, 0.2) is 17.3 Å². The number of hydrogen-bond acceptors (Lipinski definition) is 14. The van der Waals surface area contributed by atoms with Gasteiger partial charge >= 0.3 is 0 Å². The standard InChI is InChI=1S/2C17H26N2O3.C12H18N2O2.ClH/c2*1-17(2,3)16-11-13(22-18-16)10-15(20)14-4-7-19(14)12-5-8-21-9-6-12;1-12(2,3)11-7-8(16-14-11)6-10(15)9-4-5-13-9;/h2*11-12,14H,4-10H2,1-3H3;7,9,13H,4-6H2,1-3H3;1H/t2*14-;9-;/m000./s1. The molecule has 0 spiro atoms. The zero-order valence-electron chi connectivity index (χ0n) is 38.0. The normalized spacial score (nSPS) is 22.9. The minimum absolute atomic E-state index is 0. The Morgan fingerprint density at radius 3 is 1.13 bits per heavy atom. The molecule has 0 bridgehead atoms. The van der Waals surface area contributed by atoms with Gasteiger partial charge in [-0.2, -0.15) is 0 Å². The largest absolute Gasteiger partial charge is 0.381 e. The highest BCUT2D eigenvalue weighted by Crippen LogP contribution is 2.30. The molecular weight excluding hydrogens is 800 g/mol. The molecule has 5 aliphatic heterocycles. The number of hydrogen-bond donors (Lipinski definition) is 1. The maximum atomic E-state index is 12.5. The van der Waals surface area contributed by atoms with E-state index in [2.05, 4.69) is 92.9 Å². The lowest BCUT2D eigenvalue weighted by atomic mass is 9.90. The lowest BCUT2D eigenvalue weighted by Crippen LogP contribution is -2.58. The highest BCUT2D eigenvalue weighted by atomic mass is 35.5. The molecule has 8 heterocycles. The van der Waals surface area contributed by atoms with E-state index < -0.39 is 0 Å². The van der Waals surface area contributed by atoms with E-state index in [-0.39, 0.29) is 64.1 Å². The summed E-state index contributed by atoms with van der Waals surface area (Å²) in [5.41, 5.74) is 2.59. The smallest absolute Gasteiger partial charge is 0.157 e. The van der Waals surface area contributed by atoms with Gasteiger partial charge in [0.2, 0.25) is 0 Å². The molecule has 0 unspecified atom stereocenters. The SMILES string of the molecule is CC(C)(C)c1cc(CC(=O)[C@@H]2CCN2)on1.CC(C)(C)c1cc(CC(=O)[C@@H]2CCN2C2CCOCC2)on1.CC(C)(C)c1cc(CC(=O)[C@@H]2CCN2C2CCOCC2)on1.Cl. The Labute approximate surface area is 368 Å². The summed E-state index contributed by atoms with van der Waals surface area (Å²) in [7, 11) is 0. The van der Waals surface area contributed by atoms with Crippen molar-refractivity contribution >= 4 is 29.8 Å². The van der Waals surface area contributed by atoms with Crippen LogP contribution < -0.4 is 5.32 Å². The predicted octanol–water partition coefficient (Wildman–Crippen LogP) is 6.54. The zero-order chi connectivity index (χ0) is 43.2. The number of aromatic nitrogens is 3. The molecule has 5 aliphatic rings. The van der Waals surface area contributed by atoms with Crippen LogP contribution in [-0.4, -0.2) is 119 Å². The number of nitrogens with zero attached hydrogens (tertiary/aromatic N) is 5. The molecule has 5 saturated heterocycles. The van der Waals surface area contributed by atoms with Gasteiger partial charge in [-0.25, -0.2) is 0 Å². The van der Waals surface area contributed by atoms with Crippen molar-refractivity contribution in [1.82, 2.24) is 30.6 Å². The average molecular weight is 872 g/mol. The Kier molecular flexibility index (Phi) is 16.7. The topological polar surface area (TPSA) is 166 Å². The van der Waals surface area contributed by atoms with Gasteiger partial charge in [0, 0.05) is 86.0 Å². The molecule has 0 saturated carbocycles. The van der Waals surface area contributed by atoms with Crippen LogP contribution >= 0.6 is 12.4 Å². The van der Waals surface area contributed by atoms with Gasteiger partial charge in [0.1, 0.15) is 17.3 Å². The summed E-state index contributed by atoms with van der Waals surface area (Å²) in [6.07, 6.45) is 8.11. The Bertz CT molecular complexity index is 1770. The summed E-state index contributed by atoms with van der Waals surface area (Å²) in [4.78, 5) is 41.5. The summed E-state index contributed by atoms with van der Waals surface area (Å²) in [6.45, 7) is 25.1. The van der Waals surface area contributed by atoms with Crippen LogP contribution in [0.15, 0.2) is 31.8 Å². The monoisotopic (exact) mass is 871 g/mol. The first-order chi connectivity index (χ1) is 28.4. The number of nitrogens with one attached hydrogen (secondary N) is 1. The van der Waals surface area contributed by atoms with E-state index in [9.17, 15) is 14.4 Å². The molecule has 340 valence electrons. The van der Waals surface area contributed by atoms with Gasteiger partial charge in [0.05, 0.1) is 54.5 Å². The predicted molar refractivity (Wildman–Crippen MR) is 233 cm³/mol. The summed E-state index contributed by atoms with van der Waals surface area (Å²) in [5.74, 6) is 2.76. The van der Waals surface area contributed by atoms with Crippen molar-refractivity contribution in [2.75, 3.05) is 46.1 Å². The second-order valence-corrected chi connectivity index (χ2v) is 20.3. The molecule has 8 rings (SSSR count). The fourth-order valence-electron chi connectivity index (χ4n) is 8.10. The summed E-state index contributed by atoms with van der Waals surface area (Å²) < 4.78 is 26.7. The van der Waals surface area contributed by atoms with Crippen molar-refractivity contribution in [3.63, 3.8) is 0 Å². The van der Waals surface area contributed by atoms with Gasteiger partial charge in [-0.3, -0.25) is 24.2 Å². The molecule has 3 atom stereocenters. The molecule has 14 nitrogen and oxygen atoms in total. The summed E-state index contributed by atoms with van der Waals surface area (Å²) in [6, 6.07) is 6.91. The van der Waals surface area contributed by atoms with Crippen molar-refractivity contribution in [2.45, 2.75) is 173 Å². The number of carbonyl (C=O) groups excluding carboxylic acids is 3. The van der Waals surface area contributed by atoms with Crippen LogP contribution in [0.4, 0.5) is 0 Å². The molecular formula is C46H71ClN6O8. The lowest BCUT2D eigenvalue weighted by Gasteiger charge is -2.46. The number of Topliss-reactive ketones (excluding diaryl/α,β-unsaturated/α-hetero) is 3. The van der Waals surface area contributed by atoms with Crippen LogP contribution in [0.25, 0.3) is 0 Å². The first-order valence-corrected chi connectivity index (χ1v) is 22.2. The molecule has 0 amide bonds. The third kappa shape index (κ3) is 13.1. The van der Waals surface area contributed by atoms with E-state index in [1.807, 2.05) is 18.2 Å². The molecule has 1 N–H and O–H groups in total. The maximum absolute atomic E-state index is 12.5. The van der Waals surface area contributed by atoms with Crippen LogP contribution in [0.5, 0.6) is 0 Å². The number of halogens is 1. The fourth-order valence-corrected chi connectivity index (χ4v) is 8.10. The van der Waals surface area contributed by atoms with Crippen molar-refractivity contribution < 1.29 is 37.4 Å². The molecule has 0 aliphatic carbocycles. The Balaban J connectivity index is 0.000000174. The number of ketones is 3. The van der Waals surface area contributed by atoms with Crippen LogP contribution in [-0.2, 0) is 59.4 Å². The average Bonchev–Trinajstić information content (AvgIpc) is 3.90. The minimum Gasteiger partial charge on any atom is -0.381 e. The van der Waals surface area contributed by atoms with Crippen LogP contribution in [0.1, 0.15) is 142 Å². The van der Waals surface area contributed by atoms with E-state index in [0.717, 1.165) is 108 Å². The van der Waals surface area contributed by atoms with Crippen molar-refractivity contribution in [3.05, 3.63) is 52.6 Å². The molecule has 15 heteroatoms. The Morgan fingerprint density at radius 1 is 0.557 bits per heavy atom. The van der Waals surface area contributed by atoms with E-state index in [1.165, 1.54) is 0 Å². The first kappa shape index (κ1) is 48.8. The lowest BCUT2D eigenvalue weighted by molar-refractivity contribution is -0.132. The van der Waals surface area contributed by atoms with Crippen LogP contribution in [0.3, 0.4) is 0 Å². The number of carbonyl (C=O) groups is 3. The fraction of sp³-hybridized carbons (Fsp3) is 0.739. The van der Waals surface area contributed by atoms with E-state index in [4.69, 9.17) is 23.0 Å². The molecule has 61 heavy (non-hydrogen) atoms. The van der Waals surface area contributed by atoms with Gasteiger partial charge in [-0.05, 0) is 51.5 Å². The Morgan fingerprint density at radius 2 is 0.885 bits per heavy atom. The quantitative estimate of drug-likeness (QED) is 0.221. The van der Waals surface area contributed by atoms with Crippen molar-refractivity contribution in [1.29, 1.82) is 0 Å². The third-order valence-electron chi connectivity index (χ3n) is 12.4. The molecule has 5 fully saturated rings. The minimum atomic E-state index is -0.0462. The highest BCUT2D eigenvalue weighted by Gasteiger charge is 2.40. The summed E-state index contributed by atoms with van der Waals surface area (Å²) >= 11 is 0. The second kappa shape index (κ2) is 20.9. The number of rotatable bonds is 11. The number of ether oxygens (including phenoxy) is 2. The van der Waals surface area contributed by atoms with E-state index in [0.29, 0.717) is 48.6 Å². The van der Waals surface area contributed by atoms with Gasteiger partial charge < -0.3 is 28.4 Å². The van der Waals surface area contributed by atoms with Gasteiger partial charge in [0.25, 0.3) is 0 Å². The van der Waals surface area contributed by atoms with Crippen molar-refractivity contribution in [2.24, 2.45) is 0 Å².